The molecule has 0 fully saturated rings. The number of aliphatic hydroxyl groups excluding tert-OH is 1. The lowest BCUT2D eigenvalue weighted by Gasteiger charge is -2.12. The quantitative estimate of drug-likeness (QED) is 0.853. The standard InChI is InChI=1S/C15H14O2/c16-15(11-4-2-1-3-5-11)12-6-7-13-9-17-10-14(13)8-12/h1-8,15-16H,9-10H2. The van der Waals surface area contributed by atoms with E-state index in [1.165, 1.54) is 11.1 Å². The van der Waals surface area contributed by atoms with Crippen LogP contribution in [0.4, 0.5) is 0 Å². The zero-order valence-corrected chi connectivity index (χ0v) is 9.47. The van der Waals surface area contributed by atoms with Crippen molar-refractivity contribution in [1.82, 2.24) is 0 Å². The molecule has 2 aromatic rings. The van der Waals surface area contributed by atoms with E-state index in [0.717, 1.165) is 11.1 Å². The average Bonchev–Trinajstić information content (AvgIpc) is 2.86. The van der Waals surface area contributed by atoms with Crippen LogP contribution in [0.15, 0.2) is 48.5 Å². The van der Waals surface area contributed by atoms with Crippen molar-refractivity contribution in [3.8, 4) is 0 Å². The van der Waals surface area contributed by atoms with Crippen LogP contribution in [0.2, 0.25) is 0 Å². The summed E-state index contributed by atoms with van der Waals surface area (Å²) in [5.41, 5.74) is 4.28. The van der Waals surface area contributed by atoms with E-state index in [9.17, 15) is 5.11 Å². The average molecular weight is 226 g/mol. The lowest BCUT2D eigenvalue weighted by atomic mass is 9.98. The van der Waals surface area contributed by atoms with E-state index < -0.39 is 6.10 Å². The maximum absolute atomic E-state index is 10.3. The molecule has 1 N–H and O–H groups in total. The van der Waals surface area contributed by atoms with E-state index >= 15 is 0 Å². The van der Waals surface area contributed by atoms with E-state index in [2.05, 4.69) is 0 Å². The van der Waals surface area contributed by atoms with Crippen molar-refractivity contribution in [2.24, 2.45) is 0 Å². The van der Waals surface area contributed by atoms with Crippen LogP contribution in [0.5, 0.6) is 0 Å². The number of rotatable bonds is 2. The van der Waals surface area contributed by atoms with Gasteiger partial charge >= 0.3 is 0 Å². The van der Waals surface area contributed by atoms with E-state index in [4.69, 9.17) is 4.74 Å². The summed E-state index contributed by atoms with van der Waals surface area (Å²) in [5.74, 6) is 0. The van der Waals surface area contributed by atoms with Crippen LogP contribution in [-0.2, 0) is 18.0 Å². The Morgan fingerprint density at radius 1 is 0.882 bits per heavy atom. The number of ether oxygens (including phenoxy) is 1. The Hall–Kier alpha value is -1.64. The number of fused-ring (bicyclic) bond motifs is 1. The van der Waals surface area contributed by atoms with Crippen molar-refractivity contribution < 1.29 is 9.84 Å². The van der Waals surface area contributed by atoms with Crippen molar-refractivity contribution >= 4 is 0 Å². The molecule has 0 amide bonds. The third-order valence-electron chi connectivity index (χ3n) is 3.18. The molecule has 2 nitrogen and oxygen atoms in total. The van der Waals surface area contributed by atoms with E-state index in [0.29, 0.717) is 13.2 Å². The van der Waals surface area contributed by atoms with Crippen LogP contribution >= 0.6 is 0 Å². The molecule has 2 heteroatoms. The highest BCUT2D eigenvalue weighted by atomic mass is 16.5. The minimum absolute atomic E-state index is 0.554. The predicted molar refractivity (Wildman–Crippen MR) is 65.4 cm³/mol. The van der Waals surface area contributed by atoms with Gasteiger partial charge in [0.25, 0.3) is 0 Å². The molecular formula is C15H14O2. The second-order valence-corrected chi connectivity index (χ2v) is 4.33. The Labute approximate surface area is 100 Å². The maximum Gasteiger partial charge on any atom is 0.104 e. The predicted octanol–water partition coefficient (Wildman–Crippen LogP) is 2.80. The van der Waals surface area contributed by atoms with Gasteiger partial charge in [0, 0.05) is 0 Å². The topological polar surface area (TPSA) is 29.5 Å². The largest absolute Gasteiger partial charge is 0.384 e. The summed E-state index contributed by atoms with van der Waals surface area (Å²) < 4.78 is 5.37. The fourth-order valence-electron chi connectivity index (χ4n) is 2.19. The zero-order chi connectivity index (χ0) is 11.7. The molecule has 0 aromatic heterocycles. The highest BCUT2D eigenvalue weighted by Gasteiger charge is 2.15. The Bertz CT molecular complexity index is 520. The molecule has 1 aliphatic heterocycles. The third-order valence-corrected chi connectivity index (χ3v) is 3.18. The van der Waals surface area contributed by atoms with E-state index in [1.807, 2.05) is 48.5 Å². The van der Waals surface area contributed by atoms with Crippen LogP contribution in [0.1, 0.15) is 28.4 Å². The van der Waals surface area contributed by atoms with Gasteiger partial charge in [-0.05, 0) is 22.3 Å². The Kier molecular flexibility index (Phi) is 2.67. The lowest BCUT2D eigenvalue weighted by molar-refractivity contribution is 0.134. The molecule has 1 heterocycles. The fourth-order valence-corrected chi connectivity index (χ4v) is 2.19. The first kappa shape index (κ1) is 10.5. The molecule has 2 aromatic carbocycles. The summed E-state index contributed by atoms with van der Waals surface area (Å²) >= 11 is 0. The van der Waals surface area contributed by atoms with Crippen molar-refractivity contribution in [3.63, 3.8) is 0 Å². The van der Waals surface area contributed by atoms with Gasteiger partial charge in [-0.1, -0.05) is 48.5 Å². The van der Waals surface area contributed by atoms with Crippen LogP contribution < -0.4 is 0 Å². The zero-order valence-electron chi connectivity index (χ0n) is 9.47. The van der Waals surface area contributed by atoms with Crippen LogP contribution in [0.25, 0.3) is 0 Å². The third kappa shape index (κ3) is 1.97. The first-order valence-corrected chi connectivity index (χ1v) is 5.77. The summed E-state index contributed by atoms with van der Waals surface area (Å²) in [4.78, 5) is 0. The summed E-state index contributed by atoms with van der Waals surface area (Å²) in [6.45, 7) is 1.35. The summed E-state index contributed by atoms with van der Waals surface area (Å²) in [5, 5.41) is 10.3. The molecule has 0 saturated heterocycles. The molecule has 0 saturated carbocycles. The van der Waals surface area contributed by atoms with Gasteiger partial charge in [-0.25, -0.2) is 0 Å². The van der Waals surface area contributed by atoms with Gasteiger partial charge in [-0.3, -0.25) is 0 Å². The highest BCUT2D eigenvalue weighted by molar-refractivity contribution is 5.37. The van der Waals surface area contributed by atoms with Crippen molar-refractivity contribution in [2.45, 2.75) is 19.3 Å². The molecule has 0 spiro atoms. The van der Waals surface area contributed by atoms with E-state index in [-0.39, 0.29) is 0 Å². The smallest absolute Gasteiger partial charge is 0.104 e. The normalized spacial score (nSPS) is 15.6. The molecule has 0 bridgehead atoms. The minimum atomic E-state index is -0.554. The molecule has 0 radical (unpaired) electrons. The van der Waals surface area contributed by atoms with Gasteiger partial charge in [0.2, 0.25) is 0 Å². The second kappa shape index (κ2) is 4.32. The first-order valence-electron chi connectivity index (χ1n) is 5.77. The fraction of sp³-hybridized carbons (Fsp3) is 0.200. The maximum atomic E-state index is 10.3. The number of hydrogen-bond acceptors (Lipinski definition) is 2. The summed E-state index contributed by atoms with van der Waals surface area (Å²) in [6.07, 6.45) is -0.554. The van der Waals surface area contributed by atoms with Crippen LogP contribution in [-0.4, -0.2) is 5.11 Å². The Balaban J connectivity index is 1.94. The molecule has 86 valence electrons. The minimum Gasteiger partial charge on any atom is -0.384 e. The number of benzene rings is 2. The molecule has 1 unspecified atom stereocenters. The summed E-state index contributed by atoms with van der Waals surface area (Å²) in [6, 6.07) is 15.8. The van der Waals surface area contributed by atoms with Crippen LogP contribution in [0, 0.1) is 0 Å². The molecule has 1 atom stereocenters. The van der Waals surface area contributed by atoms with Gasteiger partial charge in [0.05, 0.1) is 13.2 Å². The van der Waals surface area contributed by atoms with Crippen molar-refractivity contribution in [2.75, 3.05) is 0 Å². The Morgan fingerprint density at radius 3 is 2.47 bits per heavy atom. The first-order chi connectivity index (χ1) is 8.34. The van der Waals surface area contributed by atoms with Crippen molar-refractivity contribution in [1.29, 1.82) is 0 Å². The number of hydrogen-bond donors (Lipinski definition) is 1. The van der Waals surface area contributed by atoms with Crippen LogP contribution in [0.3, 0.4) is 0 Å². The molecule has 17 heavy (non-hydrogen) atoms. The molecule has 1 aliphatic rings. The highest BCUT2D eigenvalue weighted by Crippen LogP contribution is 2.27. The van der Waals surface area contributed by atoms with Gasteiger partial charge in [-0.2, -0.15) is 0 Å². The summed E-state index contributed by atoms with van der Waals surface area (Å²) in [7, 11) is 0. The second-order valence-electron chi connectivity index (χ2n) is 4.33. The molecular weight excluding hydrogens is 212 g/mol. The SMILES string of the molecule is OC(c1ccccc1)c1ccc2c(c1)COC2. The molecule has 0 aliphatic carbocycles. The van der Waals surface area contributed by atoms with Gasteiger partial charge < -0.3 is 9.84 Å². The van der Waals surface area contributed by atoms with E-state index in [1.54, 1.807) is 0 Å². The Morgan fingerprint density at radius 2 is 1.65 bits per heavy atom. The van der Waals surface area contributed by atoms with Gasteiger partial charge in [0.15, 0.2) is 0 Å². The van der Waals surface area contributed by atoms with Gasteiger partial charge in [0.1, 0.15) is 6.10 Å². The van der Waals surface area contributed by atoms with Gasteiger partial charge in [-0.15, -0.1) is 0 Å². The lowest BCUT2D eigenvalue weighted by Crippen LogP contribution is -2.00. The van der Waals surface area contributed by atoms with Crippen molar-refractivity contribution in [3.05, 3.63) is 70.8 Å². The monoisotopic (exact) mass is 226 g/mol. The molecule has 3 rings (SSSR count). The number of aliphatic hydroxyl groups is 1.